The van der Waals surface area contributed by atoms with Crippen LogP contribution in [0.3, 0.4) is 0 Å². The number of aryl methyl sites for hydroxylation is 1. The zero-order valence-electron chi connectivity index (χ0n) is 14.2. The second-order valence-electron chi connectivity index (χ2n) is 5.84. The summed E-state index contributed by atoms with van der Waals surface area (Å²) < 4.78 is 0. The zero-order chi connectivity index (χ0) is 18.5. The molecule has 0 aromatic heterocycles. The third kappa shape index (κ3) is 4.27. The molecule has 5 nitrogen and oxygen atoms in total. The van der Waals surface area contributed by atoms with Crippen molar-refractivity contribution in [2.24, 2.45) is 9.98 Å². The Kier molecular flexibility index (Phi) is 4.99. The van der Waals surface area contributed by atoms with Gasteiger partial charge in [0.15, 0.2) is 0 Å². The maximum atomic E-state index is 10.5. The molecule has 0 radical (unpaired) electrons. The minimum Gasteiger partial charge on any atom is -0.508 e. The minimum atomic E-state index is 0.0839. The second kappa shape index (κ2) is 7.53. The van der Waals surface area contributed by atoms with Crippen LogP contribution in [0.4, 0.5) is 11.4 Å². The van der Waals surface area contributed by atoms with Crippen molar-refractivity contribution in [2.45, 2.75) is 6.92 Å². The first-order valence-electron chi connectivity index (χ1n) is 8.01. The maximum absolute atomic E-state index is 10.5. The van der Waals surface area contributed by atoms with E-state index in [2.05, 4.69) is 9.98 Å². The van der Waals surface area contributed by atoms with Gasteiger partial charge in [-0.15, -0.1) is 0 Å². The number of hydrogen-bond donors (Lipinski definition) is 3. The number of benzene rings is 3. The van der Waals surface area contributed by atoms with E-state index < -0.39 is 0 Å². The van der Waals surface area contributed by atoms with Crippen molar-refractivity contribution in [3.63, 3.8) is 0 Å². The van der Waals surface area contributed by atoms with Gasteiger partial charge < -0.3 is 15.3 Å². The van der Waals surface area contributed by atoms with E-state index in [-0.39, 0.29) is 17.2 Å². The van der Waals surface area contributed by atoms with Crippen LogP contribution in [-0.2, 0) is 0 Å². The van der Waals surface area contributed by atoms with Crippen LogP contribution in [0.2, 0.25) is 0 Å². The van der Waals surface area contributed by atoms with Crippen molar-refractivity contribution < 1.29 is 15.3 Å². The Balaban J connectivity index is 1.88. The highest BCUT2D eigenvalue weighted by molar-refractivity contribution is 5.93. The van der Waals surface area contributed by atoms with Gasteiger partial charge in [0.1, 0.15) is 17.2 Å². The molecule has 0 spiro atoms. The number of aliphatic imine (C=N–C) groups is 2. The number of hydrogen-bond acceptors (Lipinski definition) is 5. The van der Waals surface area contributed by atoms with Crippen LogP contribution in [0, 0.1) is 6.92 Å². The fraction of sp³-hybridized carbons (Fsp3) is 0.0476. The maximum Gasteiger partial charge on any atom is 0.133 e. The molecule has 0 aliphatic carbocycles. The lowest BCUT2D eigenvalue weighted by atomic mass is 10.1. The summed E-state index contributed by atoms with van der Waals surface area (Å²) in [6, 6.07) is 16.6. The van der Waals surface area contributed by atoms with Gasteiger partial charge in [0, 0.05) is 23.6 Å². The van der Waals surface area contributed by atoms with Crippen LogP contribution in [0.25, 0.3) is 0 Å². The Hall–Kier alpha value is -3.60. The minimum absolute atomic E-state index is 0.0839. The van der Waals surface area contributed by atoms with Gasteiger partial charge in [-0.3, -0.25) is 9.98 Å². The summed E-state index contributed by atoms with van der Waals surface area (Å²) in [6.07, 6.45) is 3.15. The van der Waals surface area contributed by atoms with Gasteiger partial charge in [-0.05, 0) is 73.2 Å². The molecule has 0 saturated carbocycles. The summed E-state index contributed by atoms with van der Waals surface area (Å²) >= 11 is 0. The van der Waals surface area contributed by atoms with Crippen LogP contribution in [0.5, 0.6) is 17.2 Å². The third-order valence-corrected chi connectivity index (χ3v) is 3.72. The normalized spacial score (nSPS) is 11.4. The van der Waals surface area contributed by atoms with Gasteiger partial charge >= 0.3 is 0 Å². The van der Waals surface area contributed by atoms with E-state index in [1.807, 2.05) is 19.1 Å². The molecule has 0 amide bonds. The molecule has 3 aromatic carbocycles. The Bertz CT molecular complexity index is 883. The average Bonchev–Trinajstić information content (AvgIpc) is 2.63. The summed E-state index contributed by atoms with van der Waals surface area (Å²) in [6.45, 7) is 1.93. The lowest BCUT2D eigenvalue weighted by molar-refractivity contribution is 0.473. The van der Waals surface area contributed by atoms with E-state index in [0.29, 0.717) is 22.5 Å². The second-order valence-corrected chi connectivity index (χ2v) is 5.84. The van der Waals surface area contributed by atoms with Gasteiger partial charge in [-0.2, -0.15) is 0 Å². The molecule has 3 rings (SSSR count). The van der Waals surface area contributed by atoms with Crippen LogP contribution >= 0.6 is 0 Å². The van der Waals surface area contributed by atoms with E-state index in [1.54, 1.807) is 61.0 Å². The van der Waals surface area contributed by atoms with Crippen LogP contribution < -0.4 is 0 Å². The lowest BCUT2D eigenvalue weighted by Crippen LogP contribution is -1.91. The molecule has 0 unspecified atom stereocenters. The first-order chi connectivity index (χ1) is 12.5. The van der Waals surface area contributed by atoms with Crippen LogP contribution in [0.1, 0.15) is 16.7 Å². The molecule has 0 saturated heterocycles. The molecule has 3 aromatic rings. The number of phenolic OH excluding ortho intramolecular Hbond substituents is 3. The standard InChI is InChI=1S/C21H18N2O3/c1-14-10-15(12-22-17-2-6-19(24)7-3-17)21(26)16(11-14)13-23-18-4-8-20(25)9-5-18/h2-13,24-26H,1H3. The van der Waals surface area contributed by atoms with Gasteiger partial charge in [0.25, 0.3) is 0 Å². The first kappa shape index (κ1) is 17.2. The summed E-state index contributed by atoms with van der Waals surface area (Å²) in [5, 5.41) is 29.1. The zero-order valence-corrected chi connectivity index (χ0v) is 14.2. The van der Waals surface area contributed by atoms with Crippen molar-refractivity contribution in [1.82, 2.24) is 0 Å². The third-order valence-electron chi connectivity index (χ3n) is 3.72. The Labute approximate surface area is 151 Å². The Morgan fingerprint density at radius 2 is 1.04 bits per heavy atom. The average molecular weight is 346 g/mol. The molecule has 26 heavy (non-hydrogen) atoms. The predicted molar refractivity (Wildman–Crippen MR) is 104 cm³/mol. The number of nitrogens with zero attached hydrogens (tertiary/aromatic N) is 2. The molecular weight excluding hydrogens is 328 g/mol. The predicted octanol–water partition coefficient (Wildman–Crippen LogP) is 4.61. The molecular formula is C21H18N2O3. The SMILES string of the molecule is Cc1cc(C=Nc2ccc(O)cc2)c(O)c(C=Nc2ccc(O)cc2)c1. The van der Waals surface area contributed by atoms with E-state index in [0.717, 1.165) is 5.56 Å². The van der Waals surface area contributed by atoms with Crippen molar-refractivity contribution in [3.8, 4) is 17.2 Å². The first-order valence-corrected chi connectivity index (χ1v) is 8.01. The number of rotatable bonds is 4. The van der Waals surface area contributed by atoms with E-state index in [9.17, 15) is 15.3 Å². The molecule has 0 heterocycles. The van der Waals surface area contributed by atoms with Crippen LogP contribution in [0.15, 0.2) is 70.6 Å². The van der Waals surface area contributed by atoms with E-state index in [4.69, 9.17) is 0 Å². The molecule has 0 aliphatic rings. The molecule has 0 aliphatic heterocycles. The highest BCUT2D eigenvalue weighted by Gasteiger charge is 2.06. The van der Waals surface area contributed by atoms with Crippen molar-refractivity contribution in [3.05, 3.63) is 77.4 Å². The number of aromatic hydroxyl groups is 3. The summed E-state index contributed by atoms with van der Waals surface area (Å²) in [4.78, 5) is 8.64. The summed E-state index contributed by atoms with van der Waals surface area (Å²) in [7, 11) is 0. The molecule has 0 fully saturated rings. The molecule has 130 valence electrons. The quantitative estimate of drug-likeness (QED) is 0.603. The molecule has 0 bridgehead atoms. The van der Waals surface area contributed by atoms with Crippen molar-refractivity contribution in [1.29, 1.82) is 0 Å². The van der Waals surface area contributed by atoms with Gasteiger partial charge in [-0.25, -0.2) is 0 Å². The molecule has 3 N–H and O–H groups in total. The topological polar surface area (TPSA) is 85.4 Å². The summed E-state index contributed by atoms with van der Waals surface area (Å²) in [5.41, 5.74) is 3.45. The largest absolute Gasteiger partial charge is 0.508 e. The van der Waals surface area contributed by atoms with E-state index in [1.165, 1.54) is 0 Å². The highest BCUT2D eigenvalue weighted by Crippen LogP contribution is 2.24. The fourth-order valence-electron chi connectivity index (χ4n) is 2.40. The van der Waals surface area contributed by atoms with E-state index >= 15 is 0 Å². The van der Waals surface area contributed by atoms with Gasteiger partial charge in [-0.1, -0.05) is 0 Å². The molecule has 0 atom stereocenters. The van der Waals surface area contributed by atoms with Gasteiger partial charge in [0.05, 0.1) is 11.4 Å². The van der Waals surface area contributed by atoms with Crippen LogP contribution in [-0.4, -0.2) is 27.7 Å². The Morgan fingerprint density at radius 3 is 1.42 bits per heavy atom. The van der Waals surface area contributed by atoms with Crippen molar-refractivity contribution >= 4 is 23.8 Å². The molecule has 5 heteroatoms. The summed E-state index contributed by atoms with van der Waals surface area (Å²) in [5.74, 6) is 0.436. The highest BCUT2D eigenvalue weighted by atomic mass is 16.3. The fourth-order valence-corrected chi connectivity index (χ4v) is 2.40. The smallest absolute Gasteiger partial charge is 0.133 e. The monoisotopic (exact) mass is 346 g/mol. The van der Waals surface area contributed by atoms with Gasteiger partial charge in [0.2, 0.25) is 0 Å². The number of phenols is 3. The van der Waals surface area contributed by atoms with Crippen molar-refractivity contribution in [2.75, 3.05) is 0 Å². The Morgan fingerprint density at radius 1 is 0.654 bits per heavy atom. The lowest BCUT2D eigenvalue weighted by Gasteiger charge is -2.05.